The zero-order valence-corrected chi connectivity index (χ0v) is 14.6. The Morgan fingerprint density at radius 2 is 1.86 bits per heavy atom. The number of hydrogen-bond donors (Lipinski definition) is 1. The third-order valence-electron chi connectivity index (χ3n) is 4.30. The third-order valence-corrected chi connectivity index (χ3v) is 4.30. The maximum absolute atomic E-state index is 13.1. The summed E-state index contributed by atoms with van der Waals surface area (Å²) in [6.07, 6.45) is 0.555. The summed E-state index contributed by atoms with van der Waals surface area (Å²) >= 11 is 0. The molecule has 1 aliphatic heterocycles. The van der Waals surface area contributed by atoms with Gasteiger partial charge in [-0.05, 0) is 54.1 Å². The second-order valence-corrected chi connectivity index (χ2v) is 6.17. The number of benzene rings is 2. The standard InChI is InChI=1S/C21H16FNO5/c22-15-7-9-16(10-8-15)27-19-17(2-1-11-23-19)21-26-12-18(28-21)13-3-5-14(6-4-13)20(24)25/h1-11,18,21H,12H2,(H,24,25). The smallest absolute Gasteiger partial charge is 0.335 e. The van der Waals surface area contributed by atoms with Crippen LogP contribution in [0.1, 0.15) is 33.9 Å². The molecule has 28 heavy (non-hydrogen) atoms. The lowest BCUT2D eigenvalue weighted by Crippen LogP contribution is -2.04. The van der Waals surface area contributed by atoms with Crippen LogP contribution in [0.25, 0.3) is 0 Å². The molecule has 142 valence electrons. The lowest BCUT2D eigenvalue weighted by molar-refractivity contribution is -0.0620. The van der Waals surface area contributed by atoms with Crippen molar-refractivity contribution in [3.05, 3.63) is 89.4 Å². The highest BCUT2D eigenvalue weighted by atomic mass is 19.1. The number of rotatable bonds is 5. The SMILES string of the molecule is O=C(O)c1ccc(C2COC(c3cccnc3Oc3ccc(F)cc3)O2)cc1. The van der Waals surface area contributed by atoms with E-state index in [1.54, 1.807) is 30.5 Å². The molecule has 2 unspecified atom stereocenters. The van der Waals surface area contributed by atoms with Crippen LogP contribution in [0.5, 0.6) is 11.6 Å². The summed E-state index contributed by atoms with van der Waals surface area (Å²) < 4.78 is 30.6. The van der Waals surface area contributed by atoms with E-state index in [-0.39, 0.29) is 17.5 Å². The van der Waals surface area contributed by atoms with Crippen LogP contribution in [0.15, 0.2) is 66.9 Å². The van der Waals surface area contributed by atoms with Crippen LogP contribution in [-0.4, -0.2) is 22.7 Å². The van der Waals surface area contributed by atoms with Gasteiger partial charge >= 0.3 is 5.97 Å². The van der Waals surface area contributed by atoms with E-state index in [0.717, 1.165) is 5.56 Å². The summed E-state index contributed by atoms with van der Waals surface area (Å²) in [6.45, 7) is 0.308. The first-order valence-electron chi connectivity index (χ1n) is 8.59. The van der Waals surface area contributed by atoms with E-state index >= 15 is 0 Å². The Morgan fingerprint density at radius 3 is 2.57 bits per heavy atom. The van der Waals surface area contributed by atoms with Crippen molar-refractivity contribution in [2.45, 2.75) is 12.4 Å². The van der Waals surface area contributed by atoms with E-state index in [4.69, 9.17) is 19.3 Å². The van der Waals surface area contributed by atoms with Crippen molar-refractivity contribution in [1.82, 2.24) is 4.98 Å². The monoisotopic (exact) mass is 381 g/mol. The molecule has 0 amide bonds. The van der Waals surface area contributed by atoms with Gasteiger partial charge in [-0.15, -0.1) is 0 Å². The van der Waals surface area contributed by atoms with Crippen LogP contribution in [0.2, 0.25) is 0 Å². The first-order valence-corrected chi connectivity index (χ1v) is 8.59. The van der Waals surface area contributed by atoms with E-state index < -0.39 is 12.3 Å². The van der Waals surface area contributed by atoms with Gasteiger partial charge in [-0.2, -0.15) is 0 Å². The maximum atomic E-state index is 13.1. The van der Waals surface area contributed by atoms with Gasteiger partial charge in [-0.25, -0.2) is 14.2 Å². The molecule has 0 spiro atoms. The van der Waals surface area contributed by atoms with Crippen LogP contribution in [-0.2, 0) is 9.47 Å². The Kier molecular flexibility index (Phi) is 5.01. The van der Waals surface area contributed by atoms with Crippen molar-refractivity contribution in [3.8, 4) is 11.6 Å². The summed E-state index contributed by atoms with van der Waals surface area (Å²) in [7, 11) is 0. The summed E-state index contributed by atoms with van der Waals surface area (Å²) in [5.74, 6) is -0.583. The Labute approximate surface area is 160 Å². The molecule has 2 aromatic carbocycles. The van der Waals surface area contributed by atoms with Gasteiger partial charge in [-0.3, -0.25) is 0 Å². The minimum Gasteiger partial charge on any atom is -0.478 e. The van der Waals surface area contributed by atoms with Crippen molar-refractivity contribution >= 4 is 5.97 Å². The number of ether oxygens (including phenoxy) is 3. The number of hydrogen-bond acceptors (Lipinski definition) is 5. The zero-order valence-electron chi connectivity index (χ0n) is 14.6. The molecule has 2 atom stereocenters. The van der Waals surface area contributed by atoms with E-state index in [0.29, 0.717) is 23.8 Å². The highest BCUT2D eigenvalue weighted by Gasteiger charge is 2.31. The molecule has 3 aromatic rings. The quantitative estimate of drug-likeness (QED) is 0.701. The van der Waals surface area contributed by atoms with Gasteiger partial charge < -0.3 is 19.3 Å². The van der Waals surface area contributed by atoms with Gasteiger partial charge in [-0.1, -0.05) is 12.1 Å². The van der Waals surface area contributed by atoms with Crippen molar-refractivity contribution in [3.63, 3.8) is 0 Å². The van der Waals surface area contributed by atoms with E-state index in [1.165, 1.54) is 36.4 Å². The fourth-order valence-electron chi connectivity index (χ4n) is 2.86. The molecule has 1 fully saturated rings. The molecule has 1 saturated heterocycles. The van der Waals surface area contributed by atoms with Crippen LogP contribution in [0.3, 0.4) is 0 Å². The molecule has 6 nitrogen and oxygen atoms in total. The normalized spacial score (nSPS) is 18.8. The molecule has 0 radical (unpaired) electrons. The Hall–Kier alpha value is -3.29. The highest BCUT2D eigenvalue weighted by Crippen LogP contribution is 2.39. The van der Waals surface area contributed by atoms with Gasteiger partial charge in [0.15, 0.2) is 6.29 Å². The summed E-state index contributed by atoms with van der Waals surface area (Å²) in [5, 5.41) is 9.00. The molecule has 1 N–H and O–H groups in total. The number of nitrogens with zero attached hydrogens (tertiary/aromatic N) is 1. The summed E-state index contributed by atoms with van der Waals surface area (Å²) in [6, 6.07) is 15.6. The number of pyridine rings is 1. The van der Waals surface area contributed by atoms with Crippen LogP contribution in [0, 0.1) is 5.82 Å². The van der Waals surface area contributed by atoms with Gasteiger partial charge in [0.25, 0.3) is 0 Å². The predicted octanol–water partition coefficient (Wildman–Crippen LogP) is 4.50. The first-order chi connectivity index (χ1) is 13.6. The van der Waals surface area contributed by atoms with E-state index in [2.05, 4.69) is 4.98 Å². The van der Waals surface area contributed by atoms with E-state index in [1.807, 2.05) is 0 Å². The molecular weight excluding hydrogens is 365 g/mol. The number of carbonyl (C=O) groups is 1. The largest absolute Gasteiger partial charge is 0.478 e. The van der Waals surface area contributed by atoms with Gasteiger partial charge in [0, 0.05) is 6.20 Å². The minimum absolute atomic E-state index is 0.210. The molecule has 0 bridgehead atoms. The van der Waals surface area contributed by atoms with Crippen molar-refractivity contribution in [1.29, 1.82) is 0 Å². The highest BCUT2D eigenvalue weighted by molar-refractivity contribution is 5.87. The number of carboxylic acid groups (broad SMARTS) is 1. The van der Waals surface area contributed by atoms with Crippen molar-refractivity contribution in [2.75, 3.05) is 6.61 Å². The zero-order chi connectivity index (χ0) is 19.5. The molecule has 1 aromatic heterocycles. The number of halogens is 1. The van der Waals surface area contributed by atoms with Crippen LogP contribution in [0.4, 0.5) is 4.39 Å². The number of aromatic carboxylic acids is 1. The molecule has 4 rings (SSSR count). The molecule has 1 aliphatic rings. The summed E-state index contributed by atoms with van der Waals surface area (Å²) in [5.41, 5.74) is 1.63. The Morgan fingerprint density at radius 1 is 1.11 bits per heavy atom. The van der Waals surface area contributed by atoms with E-state index in [9.17, 15) is 9.18 Å². The van der Waals surface area contributed by atoms with Crippen LogP contribution < -0.4 is 4.74 Å². The average Bonchev–Trinajstić information content (AvgIpc) is 3.20. The molecule has 0 aliphatic carbocycles. The van der Waals surface area contributed by atoms with Gasteiger partial charge in [0.2, 0.25) is 5.88 Å². The number of aromatic nitrogens is 1. The van der Waals surface area contributed by atoms with Crippen molar-refractivity contribution in [2.24, 2.45) is 0 Å². The van der Waals surface area contributed by atoms with Gasteiger partial charge in [0.1, 0.15) is 17.7 Å². The van der Waals surface area contributed by atoms with Gasteiger partial charge in [0.05, 0.1) is 17.7 Å². The summed E-state index contributed by atoms with van der Waals surface area (Å²) in [4.78, 5) is 15.2. The van der Waals surface area contributed by atoms with Crippen molar-refractivity contribution < 1.29 is 28.5 Å². The fraction of sp³-hybridized carbons (Fsp3) is 0.143. The fourth-order valence-corrected chi connectivity index (χ4v) is 2.86. The predicted molar refractivity (Wildman–Crippen MR) is 96.6 cm³/mol. The first kappa shape index (κ1) is 18.1. The Bertz CT molecular complexity index is 975. The molecule has 2 heterocycles. The molecule has 0 saturated carbocycles. The molecular formula is C21H16FNO5. The minimum atomic E-state index is -0.981. The third kappa shape index (κ3) is 3.85. The molecule has 7 heteroatoms. The van der Waals surface area contributed by atoms with Crippen LogP contribution >= 0.6 is 0 Å². The Balaban J connectivity index is 1.51. The second kappa shape index (κ2) is 7.75. The maximum Gasteiger partial charge on any atom is 0.335 e. The second-order valence-electron chi connectivity index (χ2n) is 6.17. The number of carboxylic acids is 1. The lowest BCUT2D eigenvalue weighted by atomic mass is 10.1. The average molecular weight is 381 g/mol. The topological polar surface area (TPSA) is 77.9 Å². The lowest BCUT2D eigenvalue weighted by Gasteiger charge is -2.15.